The van der Waals surface area contributed by atoms with Crippen LogP contribution in [0.3, 0.4) is 0 Å². The molecule has 0 spiro atoms. The van der Waals surface area contributed by atoms with Gasteiger partial charge in [-0.3, -0.25) is 4.79 Å². The molecule has 1 atom stereocenters. The van der Waals surface area contributed by atoms with Gasteiger partial charge in [0.05, 0.1) is 5.39 Å². The summed E-state index contributed by atoms with van der Waals surface area (Å²) in [7, 11) is -1.40. The highest BCUT2D eigenvalue weighted by Crippen LogP contribution is 2.35. The van der Waals surface area contributed by atoms with Crippen LogP contribution < -0.4 is 10.2 Å². The lowest BCUT2D eigenvalue weighted by molar-refractivity contribution is 0.403. The number of aryl methyl sites for hydroxylation is 1. The van der Waals surface area contributed by atoms with Gasteiger partial charge < -0.3 is 24.5 Å². The number of phenols is 2. The maximum atomic E-state index is 12.8. The molecule has 0 saturated carbocycles. The molecular weight excluding hydrogens is 466 g/mol. The second-order valence-corrected chi connectivity index (χ2v) is 9.37. The van der Waals surface area contributed by atoms with Crippen LogP contribution in [0, 0.1) is 0 Å². The van der Waals surface area contributed by atoms with Gasteiger partial charge in [0.25, 0.3) is 0 Å². The molecule has 7 nitrogen and oxygen atoms in total. The van der Waals surface area contributed by atoms with Gasteiger partial charge in [0.1, 0.15) is 16.6 Å². The van der Waals surface area contributed by atoms with Crippen molar-refractivity contribution in [2.75, 3.05) is 10.5 Å². The van der Waals surface area contributed by atoms with Crippen LogP contribution in [0.15, 0.2) is 88.1 Å². The zero-order valence-corrected chi connectivity index (χ0v) is 19.2. The lowest BCUT2D eigenvalue weighted by Crippen LogP contribution is -2.11. The first-order valence-corrected chi connectivity index (χ1v) is 12.2. The Labute approximate surface area is 202 Å². The SMILES string of the molecule is O=c1c(O)c(-c2ccc(O)c(O)c2)oc2ccc(NS(=O)CCc3cccc4ccccc34)cc12. The zero-order valence-electron chi connectivity index (χ0n) is 18.4. The molecule has 0 aliphatic rings. The quantitative estimate of drug-likeness (QED) is 0.249. The Morgan fingerprint density at radius 2 is 1.63 bits per heavy atom. The first-order chi connectivity index (χ1) is 16.9. The normalized spacial score (nSPS) is 12.1. The van der Waals surface area contributed by atoms with Crippen LogP contribution in [0.5, 0.6) is 17.2 Å². The molecule has 1 heterocycles. The van der Waals surface area contributed by atoms with E-state index in [1.165, 1.54) is 24.3 Å². The molecular formula is C27H21NO6S. The van der Waals surface area contributed by atoms with Crippen LogP contribution in [-0.4, -0.2) is 25.3 Å². The Hall–Kier alpha value is -4.30. The Kier molecular flexibility index (Phi) is 5.88. The first-order valence-electron chi connectivity index (χ1n) is 10.8. The summed E-state index contributed by atoms with van der Waals surface area (Å²) in [6, 6.07) is 22.6. The fraction of sp³-hybridized carbons (Fsp3) is 0.0741. The fourth-order valence-electron chi connectivity index (χ4n) is 4.00. The van der Waals surface area contributed by atoms with Gasteiger partial charge in [-0.25, -0.2) is 4.21 Å². The van der Waals surface area contributed by atoms with E-state index in [-0.39, 0.29) is 28.0 Å². The van der Waals surface area contributed by atoms with Crippen molar-refractivity contribution >= 4 is 38.4 Å². The predicted octanol–water partition coefficient (Wildman–Crippen LogP) is 5.05. The van der Waals surface area contributed by atoms with E-state index in [2.05, 4.69) is 4.72 Å². The van der Waals surface area contributed by atoms with Crippen LogP contribution in [0.1, 0.15) is 5.56 Å². The van der Waals surface area contributed by atoms with Gasteiger partial charge >= 0.3 is 0 Å². The number of fused-ring (bicyclic) bond motifs is 2. The first kappa shape index (κ1) is 22.5. The molecule has 5 aromatic rings. The summed E-state index contributed by atoms with van der Waals surface area (Å²) in [5.41, 5.74) is 1.33. The average Bonchev–Trinajstić information content (AvgIpc) is 2.87. The fourth-order valence-corrected chi connectivity index (χ4v) is 4.90. The summed E-state index contributed by atoms with van der Waals surface area (Å²) in [6.45, 7) is 0. The highest BCUT2D eigenvalue weighted by atomic mass is 32.2. The van der Waals surface area contributed by atoms with Crippen LogP contribution in [-0.2, 0) is 17.4 Å². The van der Waals surface area contributed by atoms with E-state index in [1.54, 1.807) is 12.1 Å². The van der Waals surface area contributed by atoms with Gasteiger partial charge in [0.15, 0.2) is 17.3 Å². The molecule has 8 heteroatoms. The third-order valence-electron chi connectivity index (χ3n) is 5.77. The largest absolute Gasteiger partial charge is 0.504 e. The standard InChI is InChI=1S/C27H21NO6S/c29-22-10-8-18(14-23(22)30)27-26(32)25(31)21-15-19(9-11-24(21)34-27)28-35(33)13-12-17-6-3-5-16-4-1-2-7-20(16)17/h1-11,14-15,28-30,32H,12-13H2. The van der Waals surface area contributed by atoms with Gasteiger partial charge in [-0.15, -0.1) is 0 Å². The van der Waals surface area contributed by atoms with Gasteiger partial charge in [0.2, 0.25) is 11.2 Å². The maximum absolute atomic E-state index is 12.8. The van der Waals surface area contributed by atoms with E-state index in [0.29, 0.717) is 17.9 Å². The minimum absolute atomic E-state index is 0.116. The van der Waals surface area contributed by atoms with Crippen LogP contribution >= 0.6 is 0 Å². The molecule has 0 aliphatic carbocycles. The van der Waals surface area contributed by atoms with Gasteiger partial charge in [0, 0.05) is 17.0 Å². The molecule has 0 fully saturated rings. The molecule has 1 unspecified atom stereocenters. The van der Waals surface area contributed by atoms with Gasteiger partial charge in [-0.2, -0.15) is 0 Å². The highest BCUT2D eigenvalue weighted by Gasteiger charge is 2.17. The van der Waals surface area contributed by atoms with Crippen molar-refractivity contribution in [1.29, 1.82) is 0 Å². The molecule has 0 amide bonds. The Morgan fingerprint density at radius 1 is 0.829 bits per heavy atom. The molecule has 4 aromatic carbocycles. The van der Waals surface area contributed by atoms with Crippen molar-refractivity contribution in [3.8, 4) is 28.6 Å². The molecule has 5 rings (SSSR count). The smallest absolute Gasteiger partial charge is 0.235 e. The molecule has 176 valence electrons. The van der Waals surface area contributed by atoms with E-state index in [9.17, 15) is 24.3 Å². The Morgan fingerprint density at radius 3 is 2.46 bits per heavy atom. The molecule has 0 aliphatic heterocycles. The summed E-state index contributed by atoms with van der Waals surface area (Å²) >= 11 is 0. The molecule has 1 aromatic heterocycles. The third-order valence-corrected chi connectivity index (χ3v) is 6.81. The second kappa shape index (κ2) is 9.15. The van der Waals surface area contributed by atoms with Crippen molar-refractivity contribution in [3.05, 3.63) is 94.6 Å². The number of nitrogens with one attached hydrogen (secondary N) is 1. The minimum atomic E-state index is -1.40. The molecule has 0 bridgehead atoms. The van der Waals surface area contributed by atoms with E-state index in [4.69, 9.17) is 4.42 Å². The highest BCUT2D eigenvalue weighted by molar-refractivity contribution is 7.86. The second-order valence-electron chi connectivity index (χ2n) is 8.06. The van der Waals surface area contributed by atoms with Crippen molar-refractivity contribution < 1.29 is 23.9 Å². The monoisotopic (exact) mass is 487 g/mol. The van der Waals surface area contributed by atoms with E-state index >= 15 is 0 Å². The van der Waals surface area contributed by atoms with E-state index < -0.39 is 27.9 Å². The number of hydrogen-bond acceptors (Lipinski definition) is 6. The van der Waals surface area contributed by atoms with Crippen molar-refractivity contribution in [2.24, 2.45) is 0 Å². The van der Waals surface area contributed by atoms with Crippen molar-refractivity contribution in [2.45, 2.75) is 6.42 Å². The summed E-state index contributed by atoms with van der Waals surface area (Å²) in [6.07, 6.45) is 0.611. The lowest BCUT2D eigenvalue weighted by atomic mass is 10.0. The van der Waals surface area contributed by atoms with Crippen LogP contribution in [0.2, 0.25) is 0 Å². The zero-order chi connectivity index (χ0) is 24.5. The molecule has 35 heavy (non-hydrogen) atoms. The number of benzene rings is 4. The average molecular weight is 488 g/mol. The summed E-state index contributed by atoms with van der Waals surface area (Å²) < 4.78 is 21.3. The van der Waals surface area contributed by atoms with Crippen LogP contribution in [0.4, 0.5) is 5.69 Å². The van der Waals surface area contributed by atoms with Gasteiger partial charge in [-0.05, 0) is 59.2 Å². The summed E-state index contributed by atoms with van der Waals surface area (Å²) in [4.78, 5) is 12.8. The number of aromatic hydroxyl groups is 3. The topological polar surface area (TPSA) is 120 Å². The summed E-state index contributed by atoms with van der Waals surface area (Å²) in [5.74, 6) is -1.13. The van der Waals surface area contributed by atoms with Gasteiger partial charge in [-0.1, -0.05) is 42.5 Å². The molecule has 4 N–H and O–H groups in total. The molecule has 0 saturated heterocycles. The number of hydrogen-bond donors (Lipinski definition) is 4. The number of rotatable bonds is 6. The maximum Gasteiger partial charge on any atom is 0.235 e. The minimum Gasteiger partial charge on any atom is -0.504 e. The third kappa shape index (κ3) is 4.43. The van der Waals surface area contributed by atoms with Crippen molar-refractivity contribution in [1.82, 2.24) is 0 Å². The van der Waals surface area contributed by atoms with Crippen LogP contribution in [0.25, 0.3) is 33.1 Å². The summed E-state index contributed by atoms with van der Waals surface area (Å²) in [5, 5.41) is 32.1. The van der Waals surface area contributed by atoms with E-state index in [1.807, 2.05) is 42.5 Å². The Balaban J connectivity index is 1.37. The number of phenolic OH excluding ortho intramolecular Hbond substituents is 2. The molecule has 0 radical (unpaired) electrons. The lowest BCUT2D eigenvalue weighted by Gasteiger charge is -2.10. The number of anilines is 1. The van der Waals surface area contributed by atoms with E-state index in [0.717, 1.165) is 16.3 Å². The Bertz CT molecular complexity index is 1650. The van der Waals surface area contributed by atoms with Crippen molar-refractivity contribution in [3.63, 3.8) is 0 Å². The predicted molar refractivity (Wildman–Crippen MR) is 137 cm³/mol.